The van der Waals surface area contributed by atoms with Gasteiger partial charge in [-0.3, -0.25) is 0 Å². The summed E-state index contributed by atoms with van der Waals surface area (Å²) < 4.78 is 31.0. The fourth-order valence-electron chi connectivity index (χ4n) is 4.06. The molecule has 0 bridgehead atoms. The summed E-state index contributed by atoms with van der Waals surface area (Å²) in [4.78, 5) is 0. The zero-order valence-corrected chi connectivity index (χ0v) is 19.2. The van der Waals surface area contributed by atoms with Gasteiger partial charge in [0.15, 0.2) is 6.29 Å². The Kier molecular flexibility index (Phi) is 8.64. The fraction of sp³-hybridized carbons (Fsp3) is 0.357. The molecule has 5 atom stereocenters. The highest BCUT2D eigenvalue weighted by Gasteiger charge is 2.47. The number of hydrogen-bond donors (Lipinski definition) is 0. The maximum atomic E-state index is 6.46. The number of ether oxygens (including phenoxy) is 5. The van der Waals surface area contributed by atoms with E-state index >= 15 is 0 Å². The maximum Gasteiger partial charge on any atom is 0.186 e. The van der Waals surface area contributed by atoms with Crippen LogP contribution in [0.2, 0.25) is 0 Å². The van der Waals surface area contributed by atoms with Crippen LogP contribution in [-0.2, 0) is 43.5 Å². The molecule has 0 aliphatic carbocycles. The molecule has 0 amide bonds. The SMILES string of the molecule is COC1OC(C)C(OCc2ccccc2)C(OCc2ccccc2)C1OCc1ccccc1. The van der Waals surface area contributed by atoms with Gasteiger partial charge in [0.1, 0.15) is 18.3 Å². The Morgan fingerprint density at radius 1 is 0.576 bits per heavy atom. The van der Waals surface area contributed by atoms with Gasteiger partial charge >= 0.3 is 0 Å². The fourth-order valence-corrected chi connectivity index (χ4v) is 4.06. The highest BCUT2D eigenvalue weighted by atomic mass is 16.7. The van der Waals surface area contributed by atoms with Crippen LogP contribution in [0, 0.1) is 0 Å². The van der Waals surface area contributed by atoms with Gasteiger partial charge in [-0.2, -0.15) is 0 Å². The van der Waals surface area contributed by atoms with E-state index in [4.69, 9.17) is 23.7 Å². The normalized spacial score (nSPS) is 25.1. The average molecular weight is 449 g/mol. The van der Waals surface area contributed by atoms with Gasteiger partial charge in [-0.25, -0.2) is 0 Å². The molecule has 3 aromatic carbocycles. The molecule has 1 fully saturated rings. The van der Waals surface area contributed by atoms with Gasteiger partial charge in [0, 0.05) is 7.11 Å². The van der Waals surface area contributed by atoms with Crippen molar-refractivity contribution in [3.63, 3.8) is 0 Å². The molecule has 0 spiro atoms. The lowest BCUT2D eigenvalue weighted by molar-refractivity contribution is -0.314. The van der Waals surface area contributed by atoms with Crippen molar-refractivity contribution in [1.29, 1.82) is 0 Å². The van der Waals surface area contributed by atoms with Crippen LogP contribution in [0.1, 0.15) is 23.6 Å². The van der Waals surface area contributed by atoms with Gasteiger partial charge in [0.05, 0.1) is 25.9 Å². The lowest BCUT2D eigenvalue weighted by Gasteiger charge is -2.44. The lowest BCUT2D eigenvalue weighted by Crippen LogP contribution is -2.59. The van der Waals surface area contributed by atoms with Crippen molar-refractivity contribution in [2.75, 3.05) is 7.11 Å². The Balaban J connectivity index is 1.53. The van der Waals surface area contributed by atoms with E-state index in [1.165, 1.54) is 0 Å². The van der Waals surface area contributed by atoms with Gasteiger partial charge in [-0.1, -0.05) is 91.0 Å². The number of methoxy groups -OCH3 is 1. The van der Waals surface area contributed by atoms with Crippen LogP contribution in [0.4, 0.5) is 0 Å². The smallest absolute Gasteiger partial charge is 0.186 e. The van der Waals surface area contributed by atoms with E-state index in [0.717, 1.165) is 16.7 Å². The third-order valence-corrected chi connectivity index (χ3v) is 5.82. The van der Waals surface area contributed by atoms with E-state index in [-0.39, 0.29) is 18.3 Å². The third-order valence-electron chi connectivity index (χ3n) is 5.82. The van der Waals surface area contributed by atoms with Crippen molar-refractivity contribution in [3.05, 3.63) is 108 Å². The van der Waals surface area contributed by atoms with Crippen molar-refractivity contribution < 1.29 is 23.7 Å². The molecular formula is C28H32O5. The summed E-state index contributed by atoms with van der Waals surface area (Å²) >= 11 is 0. The van der Waals surface area contributed by atoms with Crippen molar-refractivity contribution in [1.82, 2.24) is 0 Å². The summed E-state index contributed by atoms with van der Waals surface area (Å²) in [5, 5.41) is 0. The van der Waals surface area contributed by atoms with Gasteiger partial charge in [0.2, 0.25) is 0 Å². The van der Waals surface area contributed by atoms with E-state index in [0.29, 0.717) is 19.8 Å². The molecule has 5 nitrogen and oxygen atoms in total. The Labute approximate surface area is 196 Å². The molecule has 33 heavy (non-hydrogen) atoms. The molecule has 1 saturated heterocycles. The third kappa shape index (κ3) is 6.50. The van der Waals surface area contributed by atoms with Crippen molar-refractivity contribution in [2.45, 2.75) is 57.5 Å². The van der Waals surface area contributed by atoms with Crippen molar-refractivity contribution in [2.24, 2.45) is 0 Å². The predicted octanol–water partition coefficient (Wildman–Crippen LogP) is 5.13. The molecule has 0 aromatic heterocycles. The van der Waals surface area contributed by atoms with Crippen LogP contribution in [0.3, 0.4) is 0 Å². The summed E-state index contributed by atoms with van der Waals surface area (Å²) in [5.41, 5.74) is 3.27. The summed E-state index contributed by atoms with van der Waals surface area (Å²) in [6, 6.07) is 30.3. The van der Waals surface area contributed by atoms with E-state index in [1.54, 1.807) is 7.11 Å². The average Bonchev–Trinajstić information content (AvgIpc) is 2.87. The van der Waals surface area contributed by atoms with E-state index < -0.39 is 12.4 Å². The maximum absolute atomic E-state index is 6.46. The van der Waals surface area contributed by atoms with Crippen LogP contribution in [0.25, 0.3) is 0 Å². The van der Waals surface area contributed by atoms with Crippen molar-refractivity contribution in [3.8, 4) is 0 Å². The summed E-state index contributed by atoms with van der Waals surface area (Å²) in [6.07, 6.45) is -1.92. The summed E-state index contributed by atoms with van der Waals surface area (Å²) in [6.45, 7) is 3.34. The van der Waals surface area contributed by atoms with Gasteiger partial charge in [-0.05, 0) is 23.6 Å². The Morgan fingerprint density at radius 2 is 0.970 bits per heavy atom. The molecule has 1 heterocycles. The standard InChI is InChI=1S/C28H32O5/c1-21-25(30-18-22-12-6-3-7-13-22)26(31-19-23-14-8-4-9-15-23)27(28(29-2)33-21)32-20-24-16-10-5-11-17-24/h3-17,21,25-28H,18-20H2,1-2H3. The molecule has 1 aliphatic rings. The molecule has 1 aliphatic heterocycles. The Morgan fingerprint density at radius 3 is 1.39 bits per heavy atom. The molecule has 4 rings (SSSR count). The zero-order chi connectivity index (χ0) is 22.9. The molecule has 0 saturated carbocycles. The van der Waals surface area contributed by atoms with Gasteiger partial charge in [0.25, 0.3) is 0 Å². The molecule has 0 N–H and O–H groups in total. The minimum atomic E-state index is -0.555. The second-order valence-corrected chi connectivity index (χ2v) is 8.23. The molecule has 0 radical (unpaired) electrons. The first-order chi connectivity index (χ1) is 16.2. The van der Waals surface area contributed by atoms with E-state index in [1.807, 2.05) is 73.7 Å². The first-order valence-electron chi connectivity index (χ1n) is 11.4. The van der Waals surface area contributed by atoms with Gasteiger partial charge in [-0.15, -0.1) is 0 Å². The largest absolute Gasteiger partial charge is 0.368 e. The highest BCUT2D eigenvalue weighted by molar-refractivity contribution is 5.15. The van der Waals surface area contributed by atoms with E-state index in [9.17, 15) is 0 Å². The van der Waals surface area contributed by atoms with Crippen molar-refractivity contribution >= 4 is 0 Å². The van der Waals surface area contributed by atoms with Crippen LogP contribution < -0.4 is 0 Å². The molecule has 5 heteroatoms. The van der Waals surface area contributed by atoms with Crippen LogP contribution in [0.5, 0.6) is 0 Å². The Hall–Kier alpha value is -2.54. The number of benzene rings is 3. The topological polar surface area (TPSA) is 46.2 Å². The number of rotatable bonds is 10. The van der Waals surface area contributed by atoms with Crippen LogP contribution >= 0.6 is 0 Å². The predicted molar refractivity (Wildman–Crippen MR) is 126 cm³/mol. The zero-order valence-electron chi connectivity index (χ0n) is 19.2. The molecular weight excluding hydrogens is 416 g/mol. The molecule has 3 aromatic rings. The second-order valence-electron chi connectivity index (χ2n) is 8.23. The first-order valence-corrected chi connectivity index (χ1v) is 11.4. The second kappa shape index (κ2) is 12.1. The van der Waals surface area contributed by atoms with Crippen LogP contribution in [0.15, 0.2) is 91.0 Å². The van der Waals surface area contributed by atoms with E-state index in [2.05, 4.69) is 24.3 Å². The van der Waals surface area contributed by atoms with Gasteiger partial charge < -0.3 is 23.7 Å². The lowest BCUT2D eigenvalue weighted by atomic mass is 9.98. The first kappa shape index (κ1) is 23.6. The Bertz CT molecular complexity index is 934. The molecule has 5 unspecified atom stereocenters. The number of hydrogen-bond acceptors (Lipinski definition) is 5. The minimum absolute atomic E-state index is 0.226. The van der Waals surface area contributed by atoms with Crippen LogP contribution in [-0.4, -0.2) is 37.8 Å². The summed E-state index contributed by atoms with van der Waals surface area (Å²) in [5.74, 6) is 0. The summed E-state index contributed by atoms with van der Waals surface area (Å²) in [7, 11) is 1.63. The minimum Gasteiger partial charge on any atom is -0.368 e. The quantitative estimate of drug-likeness (QED) is 0.430. The monoisotopic (exact) mass is 448 g/mol. The highest BCUT2D eigenvalue weighted by Crippen LogP contribution is 2.30. The molecule has 174 valence electrons.